The summed E-state index contributed by atoms with van der Waals surface area (Å²) in [5.74, 6) is 0.397. The Morgan fingerprint density at radius 3 is 2.42 bits per heavy atom. The Hall–Kier alpha value is -3.96. The molecule has 2 aromatic carbocycles. The summed E-state index contributed by atoms with van der Waals surface area (Å²) in [6.07, 6.45) is 3.06. The molecule has 11 nitrogen and oxygen atoms in total. The third-order valence-corrected chi connectivity index (χ3v) is 10.6. The first-order valence-corrected chi connectivity index (χ1v) is 14.4. The number of ether oxygens (including phenoxy) is 7. The van der Waals surface area contributed by atoms with Gasteiger partial charge in [0.15, 0.2) is 17.2 Å². The minimum absolute atomic E-state index is 0.0157. The molecule has 1 aliphatic carbocycles. The molecule has 7 rings (SSSR count). The molecule has 6 atom stereocenters. The van der Waals surface area contributed by atoms with E-state index in [4.69, 9.17) is 33.2 Å². The number of hydrogen-bond acceptors (Lipinski definition) is 11. The zero-order valence-corrected chi connectivity index (χ0v) is 25.1. The standard InChI is InChI=1S/C32H36N2O9/c1-7-17-15-34-25-13-21(17)30(29(36)41-6,16-42-28(35)18-10-23(38-3)27(40-5)24(11-18)39-4)31-14-26(34)43-32(25,31)33-22-12-19(37-2)8-9-20(22)31/h7-12,21,25-26,33H,13-16H2,1-6H3/t21-,25+,26+,30?,31+,32+/m1/s1. The molecular weight excluding hydrogens is 556 g/mol. The van der Waals surface area contributed by atoms with E-state index in [9.17, 15) is 9.59 Å². The number of hydrogen-bond donors (Lipinski definition) is 1. The lowest BCUT2D eigenvalue weighted by Crippen LogP contribution is -2.78. The fraction of sp³-hybridized carbons (Fsp3) is 0.500. The highest BCUT2D eigenvalue weighted by molar-refractivity contribution is 5.92. The van der Waals surface area contributed by atoms with Gasteiger partial charge in [0.25, 0.3) is 0 Å². The fourth-order valence-electron chi connectivity index (χ4n) is 8.92. The first-order chi connectivity index (χ1) is 20.8. The van der Waals surface area contributed by atoms with Gasteiger partial charge in [-0.2, -0.15) is 0 Å². The molecule has 4 bridgehead atoms. The van der Waals surface area contributed by atoms with Crippen LogP contribution in [-0.2, 0) is 24.4 Å². The van der Waals surface area contributed by atoms with Crippen molar-refractivity contribution < 1.29 is 42.7 Å². The Morgan fingerprint density at radius 1 is 1.05 bits per heavy atom. The predicted octanol–water partition coefficient (Wildman–Crippen LogP) is 3.51. The van der Waals surface area contributed by atoms with Gasteiger partial charge in [0.1, 0.15) is 24.0 Å². The number of esters is 2. The lowest BCUT2D eigenvalue weighted by molar-refractivity contribution is -0.191. The summed E-state index contributed by atoms with van der Waals surface area (Å²) >= 11 is 0. The van der Waals surface area contributed by atoms with E-state index < -0.39 is 28.5 Å². The topological polar surface area (TPSA) is 114 Å². The van der Waals surface area contributed by atoms with Crippen LogP contribution < -0.4 is 24.3 Å². The lowest BCUT2D eigenvalue weighted by atomic mass is 9.42. The molecule has 43 heavy (non-hydrogen) atoms. The second-order valence-electron chi connectivity index (χ2n) is 11.7. The van der Waals surface area contributed by atoms with Gasteiger partial charge >= 0.3 is 11.9 Å². The molecule has 1 spiro atoms. The predicted molar refractivity (Wildman–Crippen MR) is 154 cm³/mol. The molecular formula is C32H36N2O9. The first kappa shape index (κ1) is 27.8. The van der Waals surface area contributed by atoms with Crippen LogP contribution in [0.5, 0.6) is 23.0 Å². The van der Waals surface area contributed by atoms with Crippen LogP contribution in [0.3, 0.4) is 0 Å². The van der Waals surface area contributed by atoms with E-state index in [1.807, 2.05) is 25.1 Å². The maximum absolute atomic E-state index is 14.5. The van der Waals surface area contributed by atoms with Gasteiger partial charge < -0.3 is 38.5 Å². The van der Waals surface area contributed by atoms with Crippen molar-refractivity contribution in [3.05, 3.63) is 53.1 Å². The number of benzene rings is 2. The molecule has 2 aromatic rings. The molecule has 4 heterocycles. The van der Waals surface area contributed by atoms with Gasteiger partial charge in [0, 0.05) is 30.6 Å². The number of carbonyl (C=O) groups excluding carboxylic acids is 2. The lowest BCUT2D eigenvalue weighted by Gasteiger charge is -2.64. The maximum atomic E-state index is 14.5. The smallest absolute Gasteiger partial charge is 0.338 e. The number of nitrogens with one attached hydrogen (secondary N) is 1. The zero-order chi connectivity index (χ0) is 30.3. The van der Waals surface area contributed by atoms with E-state index in [0.717, 1.165) is 16.8 Å². The second-order valence-corrected chi connectivity index (χ2v) is 11.7. The summed E-state index contributed by atoms with van der Waals surface area (Å²) in [6, 6.07) is 8.96. The van der Waals surface area contributed by atoms with Crippen molar-refractivity contribution in [2.24, 2.45) is 11.3 Å². The average Bonchev–Trinajstić information content (AvgIpc) is 3.65. The molecule has 0 radical (unpaired) electrons. The van der Waals surface area contributed by atoms with Gasteiger partial charge in [0.2, 0.25) is 5.75 Å². The van der Waals surface area contributed by atoms with Crippen molar-refractivity contribution in [2.45, 2.75) is 43.2 Å². The van der Waals surface area contributed by atoms with Crippen molar-refractivity contribution >= 4 is 17.6 Å². The highest BCUT2D eigenvalue weighted by Gasteiger charge is 2.87. The Labute approximate surface area is 249 Å². The number of anilines is 1. The molecule has 0 aromatic heterocycles. The van der Waals surface area contributed by atoms with Gasteiger partial charge in [-0.05, 0) is 37.1 Å². The van der Waals surface area contributed by atoms with Crippen molar-refractivity contribution in [1.82, 2.24) is 4.90 Å². The van der Waals surface area contributed by atoms with Crippen molar-refractivity contribution in [3.63, 3.8) is 0 Å². The quantitative estimate of drug-likeness (QED) is 0.359. The fourth-order valence-corrected chi connectivity index (χ4v) is 8.92. The third kappa shape index (κ3) is 3.21. The number of piperidine rings is 2. The number of nitrogens with zero attached hydrogens (tertiary/aromatic N) is 1. The Morgan fingerprint density at radius 2 is 1.79 bits per heavy atom. The van der Waals surface area contributed by atoms with Crippen molar-refractivity contribution in [3.8, 4) is 23.0 Å². The minimum atomic E-state index is -1.29. The summed E-state index contributed by atoms with van der Waals surface area (Å²) < 4.78 is 40.6. The van der Waals surface area contributed by atoms with Crippen LogP contribution in [0, 0.1) is 11.3 Å². The summed E-state index contributed by atoms with van der Waals surface area (Å²) in [6.45, 7) is 2.44. The number of allylic oxidation sites excluding steroid dienone is 1. The molecule has 4 aliphatic heterocycles. The van der Waals surface area contributed by atoms with Crippen LogP contribution in [-0.4, -0.2) is 83.5 Å². The molecule has 1 N–H and O–H groups in total. The molecule has 11 heteroatoms. The number of rotatable bonds is 8. The van der Waals surface area contributed by atoms with E-state index in [1.165, 1.54) is 28.4 Å². The van der Waals surface area contributed by atoms with Gasteiger partial charge in [-0.25, -0.2) is 4.79 Å². The number of carbonyl (C=O) groups is 2. The van der Waals surface area contributed by atoms with Gasteiger partial charge in [-0.3, -0.25) is 9.69 Å². The van der Waals surface area contributed by atoms with E-state index in [2.05, 4.69) is 16.3 Å². The Bertz CT molecular complexity index is 1530. The summed E-state index contributed by atoms with van der Waals surface area (Å²) in [7, 11) is 7.48. The normalized spacial score (nSPS) is 33.4. The van der Waals surface area contributed by atoms with Gasteiger partial charge in [-0.1, -0.05) is 17.7 Å². The Balaban J connectivity index is 1.39. The number of fused-ring (bicyclic) bond motifs is 4. The monoisotopic (exact) mass is 592 g/mol. The van der Waals surface area contributed by atoms with Crippen LogP contribution in [0.4, 0.5) is 5.69 Å². The maximum Gasteiger partial charge on any atom is 0.338 e. The Kier molecular flexibility index (Phi) is 6.17. The summed E-state index contributed by atoms with van der Waals surface area (Å²) in [5, 5.41) is 3.72. The third-order valence-electron chi connectivity index (χ3n) is 10.6. The summed E-state index contributed by atoms with van der Waals surface area (Å²) in [5.41, 5.74) is 0.0224. The highest BCUT2D eigenvalue weighted by atomic mass is 16.6. The largest absolute Gasteiger partial charge is 0.497 e. The second kappa shape index (κ2) is 9.52. The molecule has 0 amide bonds. The minimum Gasteiger partial charge on any atom is -0.497 e. The van der Waals surface area contributed by atoms with Crippen LogP contribution in [0.2, 0.25) is 0 Å². The van der Waals surface area contributed by atoms with Crippen molar-refractivity contribution in [2.75, 3.05) is 54.0 Å². The average molecular weight is 593 g/mol. The van der Waals surface area contributed by atoms with E-state index in [0.29, 0.717) is 42.4 Å². The summed E-state index contributed by atoms with van der Waals surface area (Å²) in [4.78, 5) is 30.7. The zero-order valence-electron chi connectivity index (χ0n) is 25.1. The highest BCUT2D eigenvalue weighted by Crippen LogP contribution is 2.76. The molecule has 3 saturated heterocycles. The SMILES string of the molecule is CC=C1CN2[C@@H]3C[C@@]45c6ccc(OC)cc6N[C@]4(O3)[C@@H]2C[C@H]1C5(COC(=O)c1cc(OC)c(OC)c(OC)c1)C(=O)OC. The van der Waals surface area contributed by atoms with Gasteiger partial charge in [-0.15, -0.1) is 0 Å². The number of methoxy groups -OCH3 is 5. The van der Waals surface area contributed by atoms with E-state index in [1.54, 1.807) is 19.2 Å². The first-order valence-electron chi connectivity index (χ1n) is 14.4. The molecule has 1 saturated carbocycles. The van der Waals surface area contributed by atoms with E-state index >= 15 is 0 Å². The van der Waals surface area contributed by atoms with Crippen LogP contribution in [0.1, 0.15) is 35.7 Å². The molecule has 4 fully saturated rings. The molecule has 1 unspecified atom stereocenters. The molecule has 228 valence electrons. The van der Waals surface area contributed by atoms with Crippen LogP contribution in [0.25, 0.3) is 0 Å². The van der Waals surface area contributed by atoms with Gasteiger partial charge in [0.05, 0.1) is 52.6 Å². The van der Waals surface area contributed by atoms with Crippen LogP contribution in [0.15, 0.2) is 42.0 Å². The van der Waals surface area contributed by atoms with Crippen LogP contribution >= 0.6 is 0 Å². The van der Waals surface area contributed by atoms with E-state index in [-0.39, 0.29) is 30.4 Å². The van der Waals surface area contributed by atoms with Crippen molar-refractivity contribution in [1.29, 1.82) is 0 Å². The molecule has 5 aliphatic rings.